The molecule has 23 heavy (non-hydrogen) atoms. The van der Waals surface area contributed by atoms with E-state index >= 15 is 0 Å². The molecule has 1 aromatic heterocycles. The molecule has 0 fully saturated rings. The van der Waals surface area contributed by atoms with Gasteiger partial charge in [0.05, 0.1) is 24.7 Å². The van der Waals surface area contributed by atoms with Crippen molar-refractivity contribution in [3.63, 3.8) is 0 Å². The number of fused-ring (bicyclic) bond motifs is 1. The summed E-state index contributed by atoms with van der Waals surface area (Å²) in [6, 6.07) is 15.6. The molecule has 5 heteroatoms. The number of aromatic nitrogens is 3. The summed E-state index contributed by atoms with van der Waals surface area (Å²) < 4.78 is 6.60. The van der Waals surface area contributed by atoms with Crippen LogP contribution in [0.1, 0.15) is 11.1 Å². The summed E-state index contributed by atoms with van der Waals surface area (Å²) in [6.07, 6.45) is 1.82. The second kappa shape index (κ2) is 6.44. The highest BCUT2D eigenvalue weighted by Gasteiger charge is 2.13. The number of nitrogens with zero attached hydrogens (tertiary/aromatic N) is 3. The molecule has 0 saturated heterocycles. The SMILES string of the molecule is COC(=O)/C(=C/c1ccc(C)cc1)Cn1nnc2ccccc21. The van der Waals surface area contributed by atoms with E-state index < -0.39 is 0 Å². The molecule has 0 unspecified atom stereocenters. The first-order valence-electron chi connectivity index (χ1n) is 7.31. The van der Waals surface area contributed by atoms with Gasteiger partial charge in [-0.15, -0.1) is 5.10 Å². The molecule has 0 atom stereocenters. The van der Waals surface area contributed by atoms with E-state index in [1.165, 1.54) is 12.7 Å². The molecule has 0 N–H and O–H groups in total. The number of esters is 1. The van der Waals surface area contributed by atoms with Gasteiger partial charge in [-0.25, -0.2) is 9.48 Å². The first kappa shape index (κ1) is 15.0. The van der Waals surface area contributed by atoms with Crippen LogP contribution in [0.5, 0.6) is 0 Å². The molecule has 0 aliphatic heterocycles. The Hall–Kier alpha value is -2.95. The highest BCUT2D eigenvalue weighted by Crippen LogP contribution is 2.15. The van der Waals surface area contributed by atoms with Gasteiger partial charge in [-0.3, -0.25) is 0 Å². The number of methoxy groups -OCH3 is 1. The Balaban J connectivity index is 1.96. The quantitative estimate of drug-likeness (QED) is 0.549. The summed E-state index contributed by atoms with van der Waals surface area (Å²) in [5.74, 6) is -0.370. The molecule has 116 valence electrons. The summed E-state index contributed by atoms with van der Waals surface area (Å²) in [4.78, 5) is 12.1. The molecular formula is C18H17N3O2. The Morgan fingerprint density at radius 1 is 1.17 bits per heavy atom. The molecule has 0 aliphatic rings. The van der Waals surface area contributed by atoms with Crippen molar-refractivity contribution in [3.8, 4) is 0 Å². The standard InChI is InChI=1S/C18H17N3O2/c1-13-7-9-14(10-8-13)11-15(18(22)23-2)12-21-17-6-4-3-5-16(17)19-20-21/h3-11H,12H2,1-2H3/b15-11+. The first-order chi connectivity index (χ1) is 11.2. The van der Waals surface area contributed by atoms with Crippen LogP contribution in [0.25, 0.3) is 17.1 Å². The smallest absolute Gasteiger partial charge is 0.335 e. The maximum atomic E-state index is 12.1. The molecule has 0 saturated carbocycles. The van der Waals surface area contributed by atoms with Crippen LogP contribution >= 0.6 is 0 Å². The third-order valence-corrected chi connectivity index (χ3v) is 3.61. The molecule has 0 bridgehead atoms. The van der Waals surface area contributed by atoms with Gasteiger partial charge in [0.25, 0.3) is 0 Å². The van der Waals surface area contributed by atoms with Crippen LogP contribution in [0.15, 0.2) is 54.1 Å². The minimum Gasteiger partial charge on any atom is -0.466 e. The zero-order valence-corrected chi connectivity index (χ0v) is 13.1. The van der Waals surface area contributed by atoms with Gasteiger partial charge in [0.15, 0.2) is 0 Å². The van der Waals surface area contributed by atoms with Crippen LogP contribution in [0, 0.1) is 6.92 Å². The van der Waals surface area contributed by atoms with Gasteiger partial charge in [-0.2, -0.15) is 0 Å². The molecular weight excluding hydrogens is 290 g/mol. The van der Waals surface area contributed by atoms with Crippen molar-refractivity contribution in [3.05, 3.63) is 65.2 Å². The second-order valence-corrected chi connectivity index (χ2v) is 5.31. The second-order valence-electron chi connectivity index (χ2n) is 5.31. The van der Waals surface area contributed by atoms with Crippen LogP contribution in [0.2, 0.25) is 0 Å². The third kappa shape index (κ3) is 3.29. The first-order valence-corrected chi connectivity index (χ1v) is 7.31. The highest BCUT2D eigenvalue weighted by atomic mass is 16.5. The molecule has 0 spiro atoms. The Morgan fingerprint density at radius 2 is 1.91 bits per heavy atom. The average Bonchev–Trinajstić information content (AvgIpc) is 2.98. The zero-order chi connectivity index (χ0) is 16.2. The molecule has 0 amide bonds. The maximum absolute atomic E-state index is 12.1. The van der Waals surface area contributed by atoms with Gasteiger partial charge in [0.2, 0.25) is 0 Å². The number of ether oxygens (including phenoxy) is 1. The Kier molecular flexibility index (Phi) is 4.19. The number of carbonyl (C=O) groups excluding carboxylic acids is 1. The lowest BCUT2D eigenvalue weighted by molar-refractivity contribution is -0.136. The largest absolute Gasteiger partial charge is 0.466 e. The van der Waals surface area contributed by atoms with Gasteiger partial charge in [-0.05, 0) is 30.7 Å². The number of hydrogen-bond acceptors (Lipinski definition) is 4. The van der Waals surface area contributed by atoms with E-state index in [-0.39, 0.29) is 5.97 Å². The number of carbonyl (C=O) groups is 1. The van der Waals surface area contributed by atoms with Gasteiger partial charge in [0, 0.05) is 0 Å². The monoisotopic (exact) mass is 307 g/mol. The number of rotatable bonds is 4. The molecule has 3 rings (SSSR count). The van der Waals surface area contributed by atoms with E-state index in [4.69, 9.17) is 4.74 Å². The van der Waals surface area contributed by atoms with Crippen LogP contribution in [-0.2, 0) is 16.1 Å². The Bertz CT molecular complexity index is 863. The molecule has 3 aromatic rings. The van der Waals surface area contributed by atoms with E-state index in [1.807, 2.05) is 61.5 Å². The molecule has 2 aromatic carbocycles. The fourth-order valence-corrected chi connectivity index (χ4v) is 2.36. The van der Waals surface area contributed by atoms with Crippen LogP contribution in [-0.4, -0.2) is 28.1 Å². The minimum atomic E-state index is -0.370. The molecule has 1 heterocycles. The number of para-hydroxylation sites is 1. The van der Waals surface area contributed by atoms with Gasteiger partial charge in [-0.1, -0.05) is 47.2 Å². The zero-order valence-electron chi connectivity index (χ0n) is 13.1. The summed E-state index contributed by atoms with van der Waals surface area (Å²) >= 11 is 0. The van der Waals surface area contributed by atoms with Gasteiger partial charge >= 0.3 is 5.97 Å². The van der Waals surface area contributed by atoms with E-state index in [0.29, 0.717) is 12.1 Å². The maximum Gasteiger partial charge on any atom is 0.335 e. The molecule has 0 aliphatic carbocycles. The van der Waals surface area contributed by atoms with Crippen molar-refractivity contribution in [2.24, 2.45) is 0 Å². The predicted molar refractivity (Wildman–Crippen MR) is 88.7 cm³/mol. The lowest BCUT2D eigenvalue weighted by Crippen LogP contribution is -2.12. The van der Waals surface area contributed by atoms with Crippen molar-refractivity contribution < 1.29 is 9.53 Å². The van der Waals surface area contributed by atoms with E-state index in [2.05, 4.69) is 10.3 Å². The van der Waals surface area contributed by atoms with E-state index in [1.54, 1.807) is 4.68 Å². The molecule has 5 nitrogen and oxygen atoms in total. The van der Waals surface area contributed by atoms with Crippen molar-refractivity contribution in [2.45, 2.75) is 13.5 Å². The predicted octanol–water partition coefficient (Wildman–Crippen LogP) is 3.00. The summed E-state index contributed by atoms with van der Waals surface area (Å²) in [5, 5.41) is 8.23. The highest BCUT2D eigenvalue weighted by molar-refractivity contribution is 5.93. The third-order valence-electron chi connectivity index (χ3n) is 3.61. The fourth-order valence-electron chi connectivity index (χ4n) is 2.36. The van der Waals surface area contributed by atoms with E-state index in [0.717, 1.165) is 16.6 Å². The Morgan fingerprint density at radius 3 is 2.65 bits per heavy atom. The van der Waals surface area contributed by atoms with Crippen molar-refractivity contribution in [1.29, 1.82) is 0 Å². The summed E-state index contributed by atoms with van der Waals surface area (Å²) in [5.41, 5.74) is 4.31. The average molecular weight is 307 g/mol. The minimum absolute atomic E-state index is 0.307. The van der Waals surface area contributed by atoms with Gasteiger partial charge < -0.3 is 4.74 Å². The van der Waals surface area contributed by atoms with Crippen molar-refractivity contribution in [2.75, 3.05) is 7.11 Å². The topological polar surface area (TPSA) is 57.0 Å². The van der Waals surface area contributed by atoms with Crippen LogP contribution < -0.4 is 0 Å². The van der Waals surface area contributed by atoms with E-state index in [9.17, 15) is 4.79 Å². The fraction of sp³-hybridized carbons (Fsp3) is 0.167. The Labute approximate surface area is 134 Å². The van der Waals surface area contributed by atoms with Crippen molar-refractivity contribution in [1.82, 2.24) is 15.0 Å². The normalized spacial score (nSPS) is 11.7. The molecule has 0 radical (unpaired) electrons. The lowest BCUT2D eigenvalue weighted by atomic mass is 10.1. The number of aryl methyl sites for hydroxylation is 1. The lowest BCUT2D eigenvalue weighted by Gasteiger charge is -2.07. The van der Waals surface area contributed by atoms with Crippen LogP contribution in [0.3, 0.4) is 0 Å². The van der Waals surface area contributed by atoms with Gasteiger partial charge in [0.1, 0.15) is 5.52 Å². The van der Waals surface area contributed by atoms with Crippen molar-refractivity contribution >= 4 is 23.1 Å². The number of benzene rings is 2. The summed E-state index contributed by atoms with van der Waals surface area (Å²) in [7, 11) is 1.38. The summed E-state index contributed by atoms with van der Waals surface area (Å²) in [6.45, 7) is 2.33. The number of hydrogen-bond donors (Lipinski definition) is 0. The van der Waals surface area contributed by atoms with Crippen LogP contribution in [0.4, 0.5) is 0 Å².